The summed E-state index contributed by atoms with van der Waals surface area (Å²) in [5.74, 6) is -1.10. The summed E-state index contributed by atoms with van der Waals surface area (Å²) >= 11 is 0. The zero-order valence-electron chi connectivity index (χ0n) is 13.4. The lowest BCUT2D eigenvalue weighted by Crippen LogP contribution is -2.30. The van der Waals surface area contributed by atoms with E-state index in [0.717, 1.165) is 43.6 Å². The summed E-state index contributed by atoms with van der Waals surface area (Å²) in [6, 6.07) is 13.8. The molecule has 24 heavy (non-hydrogen) atoms. The molecule has 0 aliphatic carbocycles. The molecule has 3 nitrogen and oxygen atoms in total. The van der Waals surface area contributed by atoms with Gasteiger partial charge in [-0.25, -0.2) is 9.18 Å². The molecule has 1 aliphatic rings. The molecular formula is C20H20FNO2. The molecule has 0 spiro atoms. The highest BCUT2D eigenvalue weighted by atomic mass is 19.1. The average Bonchev–Trinajstić information content (AvgIpc) is 2.57. The number of likely N-dealkylation sites (tertiary alicyclic amines) is 1. The Balaban J connectivity index is 1.59. The molecular weight excluding hydrogens is 305 g/mol. The van der Waals surface area contributed by atoms with Crippen LogP contribution in [0.2, 0.25) is 0 Å². The van der Waals surface area contributed by atoms with Crippen molar-refractivity contribution in [3.63, 3.8) is 0 Å². The SMILES string of the molecule is O=C(O)c1cccc(CN2CCC(=Cc3cccc(F)c3)CC2)c1. The number of piperidine rings is 1. The lowest BCUT2D eigenvalue weighted by molar-refractivity contribution is 0.0696. The second-order valence-corrected chi connectivity index (χ2v) is 6.14. The Morgan fingerprint density at radius 2 is 1.88 bits per heavy atom. The van der Waals surface area contributed by atoms with Gasteiger partial charge in [-0.1, -0.05) is 35.9 Å². The van der Waals surface area contributed by atoms with E-state index in [1.165, 1.54) is 11.6 Å². The van der Waals surface area contributed by atoms with Crippen LogP contribution in [-0.2, 0) is 6.54 Å². The number of hydrogen-bond acceptors (Lipinski definition) is 2. The highest BCUT2D eigenvalue weighted by Crippen LogP contribution is 2.21. The molecule has 2 aromatic carbocycles. The highest BCUT2D eigenvalue weighted by Gasteiger charge is 2.15. The standard InChI is InChI=1S/C20H20FNO2/c21-19-6-2-3-16(13-19)11-15-7-9-22(10-8-15)14-17-4-1-5-18(12-17)20(23)24/h1-6,11-13H,7-10,14H2,(H,23,24). The minimum absolute atomic E-state index is 0.208. The van der Waals surface area contributed by atoms with Crippen LogP contribution in [0.15, 0.2) is 54.1 Å². The van der Waals surface area contributed by atoms with Crippen LogP contribution in [0.4, 0.5) is 4.39 Å². The molecule has 1 fully saturated rings. The van der Waals surface area contributed by atoms with E-state index >= 15 is 0 Å². The number of nitrogens with zero attached hydrogens (tertiary/aromatic N) is 1. The molecule has 0 saturated carbocycles. The van der Waals surface area contributed by atoms with Crippen LogP contribution in [0.3, 0.4) is 0 Å². The molecule has 1 aliphatic heterocycles. The van der Waals surface area contributed by atoms with Crippen LogP contribution in [0.1, 0.15) is 34.3 Å². The number of halogens is 1. The first-order valence-corrected chi connectivity index (χ1v) is 8.10. The van der Waals surface area contributed by atoms with Crippen LogP contribution in [0, 0.1) is 5.82 Å². The van der Waals surface area contributed by atoms with E-state index in [-0.39, 0.29) is 5.82 Å². The van der Waals surface area contributed by atoms with Crippen molar-refractivity contribution < 1.29 is 14.3 Å². The quantitative estimate of drug-likeness (QED) is 0.916. The van der Waals surface area contributed by atoms with Gasteiger partial charge in [0, 0.05) is 19.6 Å². The highest BCUT2D eigenvalue weighted by molar-refractivity contribution is 5.87. The van der Waals surface area contributed by atoms with Crippen molar-refractivity contribution in [3.05, 3.63) is 76.6 Å². The third-order valence-electron chi connectivity index (χ3n) is 4.30. The van der Waals surface area contributed by atoms with Gasteiger partial charge in [-0.2, -0.15) is 0 Å². The summed E-state index contributed by atoms with van der Waals surface area (Å²) in [4.78, 5) is 13.4. The Morgan fingerprint density at radius 1 is 1.12 bits per heavy atom. The minimum atomic E-state index is -0.893. The van der Waals surface area contributed by atoms with E-state index < -0.39 is 5.97 Å². The van der Waals surface area contributed by atoms with Crippen molar-refractivity contribution in [1.82, 2.24) is 4.90 Å². The fourth-order valence-electron chi connectivity index (χ4n) is 3.04. The summed E-state index contributed by atoms with van der Waals surface area (Å²) in [5, 5.41) is 9.06. The molecule has 3 rings (SSSR count). The Bertz CT molecular complexity index is 760. The Hall–Kier alpha value is -2.46. The number of hydrogen-bond donors (Lipinski definition) is 1. The van der Waals surface area contributed by atoms with Crippen LogP contribution in [-0.4, -0.2) is 29.1 Å². The normalized spacial score (nSPS) is 15.3. The summed E-state index contributed by atoms with van der Waals surface area (Å²) < 4.78 is 13.2. The first kappa shape index (κ1) is 16.4. The van der Waals surface area contributed by atoms with Crippen LogP contribution in [0.5, 0.6) is 0 Å². The maximum Gasteiger partial charge on any atom is 0.335 e. The van der Waals surface area contributed by atoms with Crippen LogP contribution in [0.25, 0.3) is 6.08 Å². The third-order valence-corrected chi connectivity index (χ3v) is 4.30. The van der Waals surface area contributed by atoms with Gasteiger partial charge in [0.25, 0.3) is 0 Å². The van der Waals surface area contributed by atoms with Crippen molar-refractivity contribution in [2.75, 3.05) is 13.1 Å². The van der Waals surface area contributed by atoms with E-state index in [2.05, 4.69) is 11.0 Å². The van der Waals surface area contributed by atoms with Gasteiger partial charge in [-0.3, -0.25) is 4.90 Å². The molecule has 1 saturated heterocycles. The van der Waals surface area contributed by atoms with Gasteiger partial charge in [0.1, 0.15) is 5.82 Å². The van der Waals surface area contributed by atoms with Crippen molar-refractivity contribution in [2.45, 2.75) is 19.4 Å². The lowest BCUT2D eigenvalue weighted by Gasteiger charge is -2.28. The summed E-state index contributed by atoms with van der Waals surface area (Å²) in [7, 11) is 0. The smallest absolute Gasteiger partial charge is 0.335 e. The van der Waals surface area contributed by atoms with Crippen molar-refractivity contribution in [3.8, 4) is 0 Å². The zero-order valence-corrected chi connectivity index (χ0v) is 13.4. The van der Waals surface area contributed by atoms with Crippen molar-refractivity contribution in [1.29, 1.82) is 0 Å². The molecule has 0 amide bonds. The minimum Gasteiger partial charge on any atom is -0.478 e. The molecule has 2 aromatic rings. The van der Waals surface area contributed by atoms with E-state index in [9.17, 15) is 9.18 Å². The van der Waals surface area contributed by atoms with Crippen LogP contribution < -0.4 is 0 Å². The molecule has 0 radical (unpaired) electrons. The average molecular weight is 325 g/mol. The topological polar surface area (TPSA) is 40.5 Å². The van der Waals surface area contributed by atoms with Crippen molar-refractivity contribution >= 4 is 12.0 Å². The van der Waals surface area contributed by atoms with E-state index in [0.29, 0.717) is 5.56 Å². The molecule has 124 valence electrons. The van der Waals surface area contributed by atoms with Gasteiger partial charge < -0.3 is 5.11 Å². The van der Waals surface area contributed by atoms with Gasteiger partial charge in [0.05, 0.1) is 5.56 Å². The number of aromatic carboxylic acids is 1. The monoisotopic (exact) mass is 325 g/mol. The van der Waals surface area contributed by atoms with Crippen LogP contribution >= 0.6 is 0 Å². The molecule has 1 N–H and O–H groups in total. The molecule has 4 heteroatoms. The fraction of sp³-hybridized carbons (Fsp3) is 0.250. The van der Waals surface area contributed by atoms with E-state index in [1.807, 2.05) is 12.1 Å². The summed E-state index contributed by atoms with van der Waals surface area (Å²) in [6.07, 6.45) is 3.98. The lowest BCUT2D eigenvalue weighted by atomic mass is 10.00. The predicted molar refractivity (Wildman–Crippen MR) is 92.3 cm³/mol. The second kappa shape index (κ2) is 7.41. The molecule has 1 heterocycles. The number of benzene rings is 2. The number of rotatable bonds is 4. The molecule has 0 bridgehead atoms. The Morgan fingerprint density at radius 3 is 2.58 bits per heavy atom. The number of carboxylic acids is 1. The van der Waals surface area contributed by atoms with Gasteiger partial charge in [0.2, 0.25) is 0 Å². The fourth-order valence-corrected chi connectivity index (χ4v) is 3.04. The van der Waals surface area contributed by atoms with Gasteiger partial charge in [0.15, 0.2) is 0 Å². The summed E-state index contributed by atoms with van der Waals surface area (Å²) in [6.45, 7) is 2.62. The number of carbonyl (C=O) groups is 1. The van der Waals surface area contributed by atoms with Gasteiger partial charge in [-0.15, -0.1) is 0 Å². The van der Waals surface area contributed by atoms with Gasteiger partial charge >= 0.3 is 5.97 Å². The Kier molecular flexibility index (Phi) is 5.06. The maximum absolute atomic E-state index is 13.2. The van der Waals surface area contributed by atoms with Gasteiger partial charge in [-0.05, 0) is 48.2 Å². The molecule has 0 atom stereocenters. The van der Waals surface area contributed by atoms with Crippen molar-refractivity contribution in [2.24, 2.45) is 0 Å². The molecule has 0 aromatic heterocycles. The van der Waals surface area contributed by atoms with E-state index in [4.69, 9.17) is 5.11 Å². The zero-order chi connectivity index (χ0) is 16.9. The first-order valence-electron chi connectivity index (χ1n) is 8.10. The van der Waals surface area contributed by atoms with E-state index in [1.54, 1.807) is 30.3 Å². The summed E-state index contributed by atoms with van der Waals surface area (Å²) in [5.41, 5.74) is 3.59. The third kappa shape index (κ3) is 4.30. The largest absolute Gasteiger partial charge is 0.478 e. The predicted octanol–water partition coefficient (Wildman–Crippen LogP) is 4.20. The number of carboxylic acid groups (broad SMARTS) is 1. The second-order valence-electron chi connectivity index (χ2n) is 6.14. The maximum atomic E-state index is 13.2. The molecule has 0 unspecified atom stereocenters. The Labute approximate surface area is 141 Å². The first-order chi connectivity index (χ1) is 11.6.